The summed E-state index contributed by atoms with van der Waals surface area (Å²) in [6, 6.07) is 1.79. The Labute approximate surface area is 131 Å². The van der Waals surface area contributed by atoms with Crippen molar-refractivity contribution in [3.63, 3.8) is 0 Å². The van der Waals surface area contributed by atoms with Crippen molar-refractivity contribution in [2.24, 2.45) is 0 Å². The number of halogens is 6. The number of hydrogen-bond donors (Lipinski definition) is 1. The number of anilines is 1. The summed E-state index contributed by atoms with van der Waals surface area (Å²) in [5.74, 6) is -0.832. The lowest BCUT2D eigenvalue weighted by Gasteiger charge is -2.30. The van der Waals surface area contributed by atoms with Gasteiger partial charge in [0.05, 0.1) is 23.2 Å². The van der Waals surface area contributed by atoms with Crippen molar-refractivity contribution in [3.05, 3.63) is 29.3 Å². The van der Waals surface area contributed by atoms with Gasteiger partial charge in [-0.3, -0.25) is 4.79 Å². The molecular weight excluding hydrogens is 342 g/mol. The molecule has 0 aromatic heterocycles. The number of rotatable bonds is 2. The van der Waals surface area contributed by atoms with Gasteiger partial charge in [0.2, 0.25) is 5.91 Å². The highest BCUT2D eigenvalue weighted by atomic mass is 19.4. The van der Waals surface area contributed by atoms with Crippen LogP contribution < -0.4 is 4.90 Å². The molecule has 1 amide bonds. The summed E-state index contributed by atoms with van der Waals surface area (Å²) < 4.78 is 77.0. The quantitative estimate of drug-likeness (QED) is 0.833. The predicted molar refractivity (Wildman–Crippen MR) is 68.7 cm³/mol. The molecule has 1 aromatic rings. The van der Waals surface area contributed by atoms with Crippen LogP contribution in [0.1, 0.15) is 24.0 Å². The summed E-state index contributed by atoms with van der Waals surface area (Å²) in [5.41, 5.74) is -2.52. The van der Waals surface area contributed by atoms with Crippen LogP contribution in [0.5, 0.6) is 0 Å². The van der Waals surface area contributed by atoms with Crippen molar-refractivity contribution in [3.8, 4) is 6.07 Å². The Morgan fingerprint density at radius 1 is 1.25 bits per heavy atom. The van der Waals surface area contributed by atoms with Crippen LogP contribution in [0.15, 0.2) is 18.2 Å². The van der Waals surface area contributed by atoms with Gasteiger partial charge >= 0.3 is 12.4 Å². The third-order valence-corrected chi connectivity index (χ3v) is 3.66. The zero-order chi connectivity index (χ0) is 18.3. The second kappa shape index (κ2) is 5.98. The number of carbonyl (C=O) groups excluding carboxylic acids is 1. The van der Waals surface area contributed by atoms with Gasteiger partial charge in [-0.1, -0.05) is 0 Å². The van der Waals surface area contributed by atoms with Gasteiger partial charge in [0.1, 0.15) is 0 Å². The number of hydrogen-bond acceptors (Lipinski definition) is 3. The fourth-order valence-corrected chi connectivity index (χ4v) is 2.57. The van der Waals surface area contributed by atoms with Crippen molar-refractivity contribution in [1.82, 2.24) is 0 Å². The topological polar surface area (TPSA) is 64.3 Å². The first-order valence-corrected chi connectivity index (χ1v) is 6.65. The molecule has 0 saturated carbocycles. The molecular formula is C14H10F6N2O2. The Hall–Kier alpha value is -2.28. The Balaban J connectivity index is 2.49. The monoisotopic (exact) mass is 352 g/mol. The number of nitrogens with zero attached hydrogens (tertiary/aromatic N) is 2. The molecule has 1 fully saturated rings. The van der Waals surface area contributed by atoms with Crippen LogP contribution >= 0.6 is 0 Å². The van der Waals surface area contributed by atoms with Crippen molar-refractivity contribution in [2.45, 2.75) is 37.3 Å². The van der Waals surface area contributed by atoms with Gasteiger partial charge in [0, 0.05) is 12.1 Å². The van der Waals surface area contributed by atoms with Crippen LogP contribution in [-0.4, -0.2) is 29.3 Å². The third kappa shape index (κ3) is 3.31. The van der Waals surface area contributed by atoms with Gasteiger partial charge in [-0.25, -0.2) is 0 Å². The van der Waals surface area contributed by atoms with Gasteiger partial charge in [-0.15, -0.1) is 0 Å². The van der Waals surface area contributed by atoms with Gasteiger partial charge < -0.3 is 10.0 Å². The zero-order valence-corrected chi connectivity index (χ0v) is 11.8. The summed E-state index contributed by atoms with van der Waals surface area (Å²) in [4.78, 5) is 12.3. The molecule has 2 atom stereocenters. The molecule has 24 heavy (non-hydrogen) atoms. The second-order valence-corrected chi connectivity index (χ2v) is 5.20. The number of benzene rings is 1. The van der Waals surface area contributed by atoms with Crippen molar-refractivity contribution >= 4 is 11.6 Å². The lowest BCUT2D eigenvalue weighted by atomic mass is 10.0. The average molecular weight is 352 g/mol. The van der Waals surface area contributed by atoms with Crippen LogP contribution in [0.3, 0.4) is 0 Å². The van der Waals surface area contributed by atoms with Gasteiger partial charge in [-0.05, 0) is 24.6 Å². The predicted octanol–water partition coefficient (Wildman–Crippen LogP) is 3.00. The normalized spacial score (nSPS) is 20.2. The molecule has 0 spiro atoms. The summed E-state index contributed by atoms with van der Waals surface area (Å²) >= 11 is 0. The molecule has 1 heterocycles. The van der Waals surface area contributed by atoms with E-state index in [2.05, 4.69) is 0 Å². The van der Waals surface area contributed by atoms with E-state index < -0.39 is 47.2 Å². The van der Waals surface area contributed by atoms with Gasteiger partial charge in [0.15, 0.2) is 6.10 Å². The molecule has 1 aliphatic rings. The lowest BCUT2D eigenvalue weighted by molar-refractivity contribution is -0.209. The van der Waals surface area contributed by atoms with E-state index in [1.54, 1.807) is 0 Å². The van der Waals surface area contributed by atoms with Crippen molar-refractivity contribution in [2.75, 3.05) is 4.90 Å². The molecule has 4 nitrogen and oxygen atoms in total. The third-order valence-electron chi connectivity index (χ3n) is 3.66. The number of carbonyl (C=O) groups is 1. The number of alkyl halides is 6. The first-order chi connectivity index (χ1) is 11.0. The molecule has 0 unspecified atom stereocenters. The minimum absolute atomic E-state index is 0.334. The van der Waals surface area contributed by atoms with Gasteiger partial charge in [-0.2, -0.15) is 31.6 Å². The highest BCUT2D eigenvalue weighted by Crippen LogP contribution is 2.38. The first-order valence-electron chi connectivity index (χ1n) is 6.65. The minimum atomic E-state index is -5.02. The Bertz CT molecular complexity index is 692. The SMILES string of the molecule is N#Cc1ccc(N2C(=O)CC[C@@H]2[C@H](O)C(F)(F)F)cc1C(F)(F)F. The second-order valence-electron chi connectivity index (χ2n) is 5.20. The fourth-order valence-electron chi connectivity index (χ4n) is 2.57. The van der Waals surface area contributed by atoms with Crippen LogP contribution in [0.25, 0.3) is 0 Å². The summed E-state index contributed by atoms with van der Waals surface area (Å²) in [7, 11) is 0. The van der Waals surface area contributed by atoms with Crippen LogP contribution in [0, 0.1) is 11.3 Å². The molecule has 0 bridgehead atoms. The molecule has 0 radical (unpaired) electrons. The number of aliphatic hydroxyl groups excluding tert-OH is 1. The summed E-state index contributed by atoms with van der Waals surface area (Å²) in [6.07, 6.45) is -13.5. The maximum absolute atomic E-state index is 13.0. The summed E-state index contributed by atoms with van der Waals surface area (Å²) in [5, 5.41) is 18.1. The fraction of sp³-hybridized carbons (Fsp3) is 0.429. The van der Waals surface area contributed by atoms with E-state index >= 15 is 0 Å². The smallest absolute Gasteiger partial charge is 0.382 e. The molecule has 130 valence electrons. The van der Waals surface area contributed by atoms with Crippen LogP contribution in [0.4, 0.5) is 32.0 Å². The average Bonchev–Trinajstić information content (AvgIpc) is 2.85. The van der Waals surface area contributed by atoms with E-state index in [0.717, 1.165) is 12.1 Å². The molecule has 0 aliphatic carbocycles. The van der Waals surface area contributed by atoms with E-state index in [4.69, 9.17) is 5.26 Å². The van der Waals surface area contributed by atoms with E-state index in [-0.39, 0.29) is 12.8 Å². The maximum atomic E-state index is 13.0. The number of amides is 1. The van der Waals surface area contributed by atoms with Crippen molar-refractivity contribution in [1.29, 1.82) is 5.26 Å². The highest BCUT2D eigenvalue weighted by Gasteiger charge is 2.49. The van der Waals surface area contributed by atoms with Crippen LogP contribution in [-0.2, 0) is 11.0 Å². The number of aliphatic hydroxyl groups is 1. The number of nitriles is 1. The Kier molecular flexibility index (Phi) is 4.50. The molecule has 1 aromatic carbocycles. The molecule has 1 aliphatic heterocycles. The van der Waals surface area contributed by atoms with Gasteiger partial charge in [0.25, 0.3) is 0 Å². The van der Waals surface area contributed by atoms with E-state index in [0.29, 0.717) is 11.0 Å². The summed E-state index contributed by atoms with van der Waals surface area (Å²) in [6.45, 7) is 0. The Morgan fingerprint density at radius 2 is 1.88 bits per heavy atom. The molecule has 1 saturated heterocycles. The van der Waals surface area contributed by atoms with Crippen LogP contribution in [0.2, 0.25) is 0 Å². The Morgan fingerprint density at radius 3 is 2.38 bits per heavy atom. The minimum Gasteiger partial charge on any atom is -0.382 e. The lowest BCUT2D eigenvalue weighted by Crippen LogP contribution is -2.48. The molecule has 10 heteroatoms. The van der Waals surface area contributed by atoms with E-state index in [1.807, 2.05) is 0 Å². The van der Waals surface area contributed by atoms with E-state index in [9.17, 15) is 36.2 Å². The standard InChI is InChI=1S/C14H10F6N2O2/c15-13(16,17)9-5-8(2-1-7(9)6-21)22-10(3-4-11(22)23)12(24)14(18,19)20/h1-2,5,10,12,24H,3-4H2/t10-,12+/m1/s1. The largest absolute Gasteiger partial charge is 0.417 e. The first kappa shape index (κ1) is 18.1. The van der Waals surface area contributed by atoms with E-state index in [1.165, 1.54) is 6.07 Å². The maximum Gasteiger partial charge on any atom is 0.417 e. The zero-order valence-electron chi connectivity index (χ0n) is 11.8. The molecule has 2 rings (SSSR count). The highest BCUT2D eigenvalue weighted by molar-refractivity contribution is 5.96. The van der Waals surface area contributed by atoms with Crippen molar-refractivity contribution < 1.29 is 36.2 Å². The molecule has 1 N–H and O–H groups in total.